The van der Waals surface area contributed by atoms with Gasteiger partial charge in [0, 0.05) is 26.2 Å². The second-order valence-electron chi connectivity index (χ2n) is 7.06. The Balaban J connectivity index is 1.97. The van der Waals surface area contributed by atoms with Crippen molar-refractivity contribution in [3.05, 3.63) is 47.5 Å². The van der Waals surface area contributed by atoms with E-state index in [1.54, 1.807) is 0 Å². The highest BCUT2D eigenvalue weighted by Crippen LogP contribution is 2.25. The average molecular weight is 272 g/mol. The third kappa shape index (κ3) is 4.77. The first kappa shape index (κ1) is 15.3. The maximum absolute atomic E-state index is 2.55. The van der Waals surface area contributed by atoms with Crippen LogP contribution < -0.4 is 0 Å². The molecule has 0 N–H and O–H groups in total. The van der Waals surface area contributed by atoms with E-state index in [0.717, 1.165) is 19.6 Å². The Morgan fingerprint density at radius 2 is 1.70 bits per heavy atom. The first-order valence-electron chi connectivity index (χ1n) is 7.54. The predicted octanol–water partition coefficient (Wildman–Crippen LogP) is 3.54. The fraction of sp³-hybridized carbons (Fsp3) is 0.556. The smallest absolute Gasteiger partial charge is 0.0237 e. The molecule has 1 aromatic rings. The number of hydrogen-bond donors (Lipinski definition) is 0. The first-order valence-corrected chi connectivity index (χ1v) is 7.54. The molecule has 0 saturated heterocycles. The lowest BCUT2D eigenvalue weighted by atomic mass is 9.89. The van der Waals surface area contributed by atoms with Crippen molar-refractivity contribution < 1.29 is 0 Å². The summed E-state index contributed by atoms with van der Waals surface area (Å²) in [6, 6.07) is 9.07. The van der Waals surface area contributed by atoms with Gasteiger partial charge >= 0.3 is 0 Å². The van der Waals surface area contributed by atoms with Crippen molar-refractivity contribution in [1.82, 2.24) is 9.80 Å². The number of rotatable bonds is 4. The molecule has 0 atom stereocenters. The lowest BCUT2D eigenvalue weighted by Crippen LogP contribution is -2.32. The van der Waals surface area contributed by atoms with Crippen LogP contribution in [0.3, 0.4) is 0 Å². The van der Waals surface area contributed by atoms with Crippen molar-refractivity contribution in [3.8, 4) is 0 Å². The molecule has 0 bridgehead atoms. The highest BCUT2D eigenvalue weighted by molar-refractivity contribution is 5.22. The average Bonchev–Trinajstić information content (AvgIpc) is 2.52. The molecule has 0 saturated carbocycles. The van der Waals surface area contributed by atoms with Gasteiger partial charge in [0.1, 0.15) is 0 Å². The van der Waals surface area contributed by atoms with Crippen LogP contribution in [0.25, 0.3) is 0 Å². The van der Waals surface area contributed by atoms with E-state index in [0.29, 0.717) is 5.41 Å². The van der Waals surface area contributed by atoms with Crippen molar-refractivity contribution in [2.75, 3.05) is 27.2 Å². The normalized spacial score (nSPS) is 19.2. The minimum Gasteiger partial charge on any atom is -0.305 e. The zero-order chi connectivity index (χ0) is 14.6. The van der Waals surface area contributed by atoms with Crippen LogP contribution in [0.2, 0.25) is 0 Å². The summed E-state index contributed by atoms with van der Waals surface area (Å²) >= 11 is 0. The lowest BCUT2D eigenvalue weighted by Gasteiger charge is -2.29. The van der Waals surface area contributed by atoms with Gasteiger partial charge in [-0.1, -0.05) is 50.3 Å². The van der Waals surface area contributed by atoms with Crippen molar-refractivity contribution in [1.29, 1.82) is 0 Å². The van der Waals surface area contributed by atoms with Crippen LogP contribution in [0.5, 0.6) is 0 Å². The molecule has 1 heterocycles. The van der Waals surface area contributed by atoms with E-state index in [2.05, 4.69) is 74.2 Å². The van der Waals surface area contributed by atoms with Gasteiger partial charge in [0.15, 0.2) is 0 Å². The van der Waals surface area contributed by atoms with Crippen molar-refractivity contribution in [2.45, 2.75) is 33.4 Å². The summed E-state index contributed by atoms with van der Waals surface area (Å²) in [5.41, 5.74) is 3.19. The van der Waals surface area contributed by atoms with Crippen LogP contribution in [-0.2, 0) is 13.1 Å². The summed E-state index contributed by atoms with van der Waals surface area (Å²) in [6.45, 7) is 9.02. The van der Waals surface area contributed by atoms with Crippen LogP contribution in [0, 0.1) is 5.41 Å². The van der Waals surface area contributed by atoms with Crippen molar-refractivity contribution >= 4 is 0 Å². The molecule has 1 aliphatic rings. The molecule has 20 heavy (non-hydrogen) atoms. The van der Waals surface area contributed by atoms with Gasteiger partial charge in [-0.3, -0.25) is 4.90 Å². The fourth-order valence-electron chi connectivity index (χ4n) is 2.85. The van der Waals surface area contributed by atoms with Crippen LogP contribution in [0.1, 0.15) is 31.4 Å². The minimum absolute atomic E-state index is 0.387. The molecule has 0 fully saturated rings. The van der Waals surface area contributed by atoms with Gasteiger partial charge in [-0.25, -0.2) is 0 Å². The summed E-state index contributed by atoms with van der Waals surface area (Å²) in [5.74, 6) is 0. The molecular weight excluding hydrogens is 244 g/mol. The zero-order valence-corrected chi connectivity index (χ0v) is 13.4. The molecular formula is C18H28N2. The summed E-state index contributed by atoms with van der Waals surface area (Å²) in [6.07, 6.45) is 5.83. The summed E-state index contributed by atoms with van der Waals surface area (Å²) < 4.78 is 0. The lowest BCUT2D eigenvalue weighted by molar-refractivity contribution is 0.195. The van der Waals surface area contributed by atoms with Gasteiger partial charge in [0.05, 0.1) is 0 Å². The quantitative estimate of drug-likeness (QED) is 0.774. The Morgan fingerprint density at radius 3 is 2.35 bits per heavy atom. The summed E-state index contributed by atoms with van der Waals surface area (Å²) in [7, 11) is 4.22. The van der Waals surface area contributed by atoms with Gasteiger partial charge < -0.3 is 4.90 Å². The van der Waals surface area contributed by atoms with E-state index >= 15 is 0 Å². The zero-order valence-electron chi connectivity index (χ0n) is 13.4. The molecule has 2 rings (SSSR count). The molecule has 0 spiro atoms. The number of benzene rings is 1. The standard InChI is InChI=1S/C18H28N2/c1-18(2)11-5-6-12-20(15-18)14-17-9-7-16(8-10-17)13-19(3)4/h5-10H,11-15H2,1-4H3. The monoisotopic (exact) mass is 272 g/mol. The Hall–Kier alpha value is -1.12. The van der Waals surface area contributed by atoms with Gasteiger partial charge in [-0.2, -0.15) is 0 Å². The third-order valence-corrected chi connectivity index (χ3v) is 3.78. The summed E-state index contributed by atoms with van der Waals surface area (Å²) in [5, 5.41) is 0. The van der Waals surface area contributed by atoms with E-state index < -0.39 is 0 Å². The Labute approximate surface area is 124 Å². The molecule has 110 valence electrons. The van der Waals surface area contributed by atoms with E-state index in [1.165, 1.54) is 24.1 Å². The second kappa shape index (κ2) is 6.55. The largest absolute Gasteiger partial charge is 0.305 e. The van der Waals surface area contributed by atoms with Gasteiger partial charge in [-0.05, 0) is 37.1 Å². The van der Waals surface area contributed by atoms with E-state index in [-0.39, 0.29) is 0 Å². The molecule has 0 aromatic heterocycles. The van der Waals surface area contributed by atoms with Gasteiger partial charge in [0.25, 0.3) is 0 Å². The molecule has 2 nitrogen and oxygen atoms in total. The number of hydrogen-bond acceptors (Lipinski definition) is 2. The minimum atomic E-state index is 0.387. The maximum atomic E-state index is 2.55. The molecule has 0 unspecified atom stereocenters. The topological polar surface area (TPSA) is 6.48 Å². The maximum Gasteiger partial charge on any atom is 0.0237 e. The van der Waals surface area contributed by atoms with Crippen LogP contribution in [0.4, 0.5) is 0 Å². The Bertz CT molecular complexity index is 443. The Kier molecular flexibility index (Phi) is 5.00. The van der Waals surface area contributed by atoms with Crippen molar-refractivity contribution in [3.63, 3.8) is 0 Å². The van der Waals surface area contributed by atoms with Gasteiger partial charge in [0.2, 0.25) is 0 Å². The molecule has 0 radical (unpaired) electrons. The van der Waals surface area contributed by atoms with E-state index in [1.807, 2.05) is 0 Å². The van der Waals surface area contributed by atoms with Crippen molar-refractivity contribution in [2.24, 2.45) is 5.41 Å². The van der Waals surface area contributed by atoms with Crippen LogP contribution in [-0.4, -0.2) is 37.0 Å². The van der Waals surface area contributed by atoms with Crippen LogP contribution >= 0.6 is 0 Å². The molecule has 0 aliphatic carbocycles. The van der Waals surface area contributed by atoms with Crippen LogP contribution in [0.15, 0.2) is 36.4 Å². The fourth-order valence-corrected chi connectivity index (χ4v) is 2.85. The molecule has 1 aliphatic heterocycles. The van der Waals surface area contributed by atoms with E-state index in [4.69, 9.17) is 0 Å². The Morgan fingerprint density at radius 1 is 1.05 bits per heavy atom. The number of nitrogens with zero attached hydrogens (tertiary/aromatic N) is 2. The summed E-state index contributed by atoms with van der Waals surface area (Å²) in [4.78, 5) is 4.75. The molecule has 2 heteroatoms. The first-order chi connectivity index (χ1) is 9.44. The number of allylic oxidation sites excluding steroid dienone is 1. The third-order valence-electron chi connectivity index (χ3n) is 3.78. The van der Waals surface area contributed by atoms with E-state index in [9.17, 15) is 0 Å². The SMILES string of the molecule is CN(C)Cc1ccc(CN2CC=CCC(C)(C)C2)cc1. The van der Waals surface area contributed by atoms with Gasteiger partial charge in [-0.15, -0.1) is 0 Å². The molecule has 0 amide bonds. The second-order valence-corrected chi connectivity index (χ2v) is 7.06. The predicted molar refractivity (Wildman–Crippen MR) is 86.6 cm³/mol. The molecule has 1 aromatic carbocycles. The highest BCUT2D eigenvalue weighted by atomic mass is 15.1. The highest BCUT2D eigenvalue weighted by Gasteiger charge is 2.22.